The van der Waals surface area contributed by atoms with Gasteiger partial charge in [-0.05, 0) is 48.7 Å². The van der Waals surface area contributed by atoms with Gasteiger partial charge >= 0.3 is 6.18 Å². The van der Waals surface area contributed by atoms with Gasteiger partial charge in [0.2, 0.25) is 0 Å². The van der Waals surface area contributed by atoms with E-state index in [2.05, 4.69) is 15.6 Å². The van der Waals surface area contributed by atoms with Crippen LogP contribution in [0.25, 0.3) is 0 Å². The Morgan fingerprint density at radius 3 is 2.79 bits per heavy atom. The molecule has 1 aliphatic rings. The first-order valence-corrected chi connectivity index (χ1v) is 10.6. The number of nitrogens with one attached hydrogen (secondary N) is 1. The molecule has 3 aromatic rings. The second-order valence-corrected chi connectivity index (χ2v) is 8.22. The van der Waals surface area contributed by atoms with Crippen LogP contribution < -0.4 is 15.6 Å². The fourth-order valence-corrected chi connectivity index (χ4v) is 3.76. The number of alkyl halides is 3. The number of oxime groups is 1. The lowest BCUT2D eigenvalue weighted by Gasteiger charge is -2.25. The molecule has 2 aromatic carbocycles. The zero-order valence-corrected chi connectivity index (χ0v) is 18.9. The minimum atomic E-state index is -4.54. The molecular formula is C23H20ClF3N4O3. The first kappa shape index (κ1) is 23.6. The molecule has 178 valence electrons. The Balaban J connectivity index is 1.63. The number of hydrogen-bond acceptors (Lipinski definition) is 6. The van der Waals surface area contributed by atoms with Gasteiger partial charge in [0, 0.05) is 12.1 Å². The minimum absolute atomic E-state index is 0.0189. The van der Waals surface area contributed by atoms with Crippen molar-refractivity contribution < 1.29 is 22.7 Å². The molecule has 0 fully saturated rings. The van der Waals surface area contributed by atoms with Crippen molar-refractivity contribution in [1.82, 2.24) is 15.1 Å². The molecule has 0 amide bonds. The smallest absolute Gasteiger partial charge is 0.416 e. The predicted molar refractivity (Wildman–Crippen MR) is 120 cm³/mol. The topological polar surface area (TPSA) is 77.7 Å². The molecule has 1 aromatic heterocycles. The van der Waals surface area contributed by atoms with E-state index in [9.17, 15) is 18.0 Å². The zero-order valence-electron chi connectivity index (χ0n) is 18.2. The van der Waals surface area contributed by atoms with Gasteiger partial charge in [-0.15, -0.1) is 0 Å². The van der Waals surface area contributed by atoms with Crippen molar-refractivity contribution in [2.24, 2.45) is 12.2 Å². The number of halogens is 4. The lowest BCUT2D eigenvalue weighted by molar-refractivity contribution is -0.137. The van der Waals surface area contributed by atoms with Crippen molar-refractivity contribution in [3.05, 3.63) is 86.3 Å². The highest BCUT2D eigenvalue weighted by Gasteiger charge is 2.31. The van der Waals surface area contributed by atoms with Crippen LogP contribution in [0.4, 0.5) is 13.2 Å². The SMILES string of the molecule is Cc1ccc(C[C@@H]2CON=C(c3c(Oc4cccc(C(F)(F)F)c4)cnn(C)c3=O)N2)c(Cl)c1. The molecule has 2 heterocycles. The van der Waals surface area contributed by atoms with Gasteiger partial charge in [-0.25, -0.2) is 4.68 Å². The number of ether oxygens (including phenoxy) is 1. The normalized spacial score (nSPS) is 15.8. The van der Waals surface area contributed by atoms with E-state index in [1.165, 1.54) is 25.4 Å². The van der Waals surface area contributed by atoms with Crippen molar-refractivity contribution in [2.45, 2.75) is 25.6 Å². The highest BCUT2D eigenvalue weighted by molar-refractivity contribution is 6.31. The molecule has 1 N–H and O–H groups in total. The maximum absolute atomic E-state index is 13.1. The summed E-state index contributed by atoms with van der Waals surface area (Å²) >= 11 is 6.35. The quantitative estimate of drug-likeness (QED) is 0.569. The fraction of sp³-hybridized carbons (Fsp3) is 0.261. The van der Waals surface area contributed by atoms with Gasteiger partial charge in [0.15, 0.2) is 11.6 Å². The van der Waals surface area contributed by atoms with Crippen molar-refractivity contribution in [1.29, 1.82) is 0 Å². The molecule has 0 radical (unpaired) electrons. The first-order chi connectivity index (χ1) is 16.1. The van der Waals surface area contributed by atoms with Crippen molar-refractivity contribution in [3.63, 3.8) is 0 Å². The Morgan fingerprint density at radius 1 is 1.26 bits per heavy atom. The highest BCUT2D eigenvalue weighted by atomic mass is 35.5. The third-order valence-corrected chi connectivity index (χ3v) is 5.53. The molecule has 0 saturated carbocycles. The molecule has 34 heavy (non-hydrogen) atoms. The van der Waals surface area contributed by atoms with Gasteiger partial charge in [0.25, 0.3) is 5.56 Å². The fourth-order valence-electron chi connectivity index (χ4n) is 3.45. The van der Waals surface area contributed by atoms with Gasteiger partial charge < -0.3 is 14.9 Å². The van der Waals surface area contributed by atoms with E-state index in [4.69, 9.17) is 21.2 Å². The average Bonchev–Trinajstić information content (AvgIpc) is 2.78. The van der Waals surface area contributed by atoms with E-state index in [1.807, 2.05) is 25.1 Å². The molecule has 11 heteroatoms. The van der Waals surface area contributed by atoms with Crippen LogP contribution in [-0.2, 0) is 24.5 Å². The lowest BCUT2D eigenvalue weighted by Crippen LogP contribution is -2.46. The summed E-state index contributed by atoms with van der Waals surface area (Å²) in [5.41, 5.74) is 0.455. The summed E-state index contributed by atoms with van der Waals surface area (Å²) in [5.74, 6) is -0.0813. The van der Waals surface area contributed by atoms with Crippen LogP contribution in [0.3, 0.4) is 0 Å². The standard InChI is InChI=1S/C23H20ClF3N4O3/c1-13-6-7-14(18(24)8-13)9-16-12-33-30-21(29-16)20-19(11-28-31(2)22(20)32)34-17-5-3-4-15(10-17)23(25,26)27/h3-8,10-11,16H,9,12H2,1-2H3,(H,29,30)/t16-/m1/s1. The third kappa shape index (κ3) is 5.17. The molecule has 0 bridgehead atoms. The van der Waals surface area contributed by atoms with Gasteiger partial charge in [-0.1, -0.05) is 35.0 Å². The van der Waals surface area contributed by atoms with E-state index in [0.717, 1.165) is 27.9 Å². The van der Waals surface area contributed by atoms with Gasteiger partial charge in [-0.2, -0.15) is 18.3 Å². The van der Waals surface area contributed by atoms with Crippen LogP contribution in [0.1, 0.15) is 22.3 Å². The Labute approximate surface area is 197 Å². The van der Waals surface area contributed by atoms with Crippen LogP contribution >= 0.6 is 11.6 Å². The highest BCUT2D eigenvalue weighted by Crippen LogP contribution is 2.33. The lowest BCUT2D eigenvalue weighted by atomic mass is 10.0. The van der Waals surface area contributed by atoms with Crippen LogP contribution in [0, 0.1) is 6.92 Å². The molecule has 1 aliphatic heterocycles. The number of nitrogens with zero attached hydrogens (tertiary/aromatic N) is 3. The Kier molecular flexibility index (Phi) is 6.52. The number of rotatable bonds is 5. The molecule has 7 nitrogen and oxygen atoms in total. The van der Waals surface area contributed by atoms with E-state index in [0.29, 0.717) is 11.4 Å². The maximum atomic E-state index is 13.1. The summed E-state index contributed by atoms with van der Waals surface area (Å²) in [6, 6.07) is 9.78. The average molecular weight is 493 g/mol. The van der Waals surface area contributed by atoms with Crippen molar-refractivity contribution >= 4 is 17.4 Å². The molecule has 0 aliphatic carbocycles. The summed E-state index contributed by atoms with van der Waals surface area (Å²) < 4.78 is 46.0. The van der Waals surface area contributed by atoms with Gasteiger partial charge in [-0.3, -0.25) is 4.79 Å². The zero-order chi connectivity index (χ0) is 24.5. The third-order valence-electron chi connectivity index (χ3n) is 5.18. The number of benzene rings is 2. The van der Waals surface area contributed by atoms with Crippen LogP contribution in [0.15, 0.2) is 58.6 Å². The van der Waals surface area contributed by atoms with Crippen molar-refractivity contribution in [3.8, 4) is 11.5 Å². The Bertz CT molecular complexity index is 1310. The summed E-state index contributed by atoms with van der Waals surface area (Å²) in [6.07, 6.45) is -2.81. The molecule has 1 atom stereocenters. The van der Waals surface area contributed by atoms with E-state index in [1.54, 1.807) is 0 Å². The monoisotopic (exact) mass is 492 g/mol. The van der Waals surface area contributed by atoms with E-state index >= 15 is 0 Å². The summed E-state index contributed by atoms with van der Waals surface area (Å²) in [6.45, 7) is 2.16. The summed E-state index contributed by atoms with van der Waals surface area (Å²) in [7, 11) is 1.44. The molecule has 0 spiro atoms. The van der Waals surface area contributed by atoms with E-state index < -0.39 is 17.3 Å². The number of aryl methyl sites for hydroxylation is 2. The summed E-state index contributed by atoms with van der Waals surface area (Å²) in [5, 5.41) is 11.7. The second-order valence-electron chi connectivity index (χ2n) is 7.82. The Morgan fingerprint density at radius 2 is 2.06 bits per heavy atom. The molecule has 0 saturated heterocycles. The number of aromatic nitrogens is 2. The maximum Gasteiger partial charge on any atom is 0.416 e. The van der Waals surface area contributed by atoms with Crippen LogP contribution in [0.2, 0.25) is 5.02 Å². The van der Waals surface area contributed by atoms with Crippen molar-refractivity contribution in [2.75, 3.05) is 6.61 Å². The van der Waals surface area contributed by atoms with Crippen LogP contribution in [0.5, 0.6) is 11.5 Å². The molecular weight excluding hydrogens is 473 g/mol. The second kappa shape index (κ2) is 9.38. The molecule has 4 rings (SSSR count). The Hall–Kier alpha value is -3.53. The largest absolute Gasteiger partial charge is 0.455 e. The minimum Gasteiger partial charge on any atom is -0.455 e. The predicted octanol–water partition coefficient (Wildman–Crippen LogP) is 4.45. The van der Waals surface area contributed by atoms with Gasteiger partial charge in [0.1, 0.15) is 17.9 Å². The van der Waals surface area contributed by atoms with E-state index in [-0.39, 0.29) is 35.5 Å². The molecule has 0 unspecified atom stereocenters. The first-order valence-electron chi connectivity index (χ1n) is 10.2. The summed E-state index contributed by atoms with van der Waals surface area (Å²) in [4.78, 5) is 18.3. The number of amidine groups is 1. The van der Waals surface area contributed by atoms with Crippen LogP contribution in [-0.4, -0.2) is 28.3 Å². The van der Waals surface area contributed by atoms with Gasteiger partial charge in [0.05, 0.1) is 17.8 Å². The number of hydrogen-bond donors (Lipinski definition) is 1.